The largest absolute Gasteiger partial charge is 0.446 e. The van der Waals surface area contributed by atoms with Gasteiger partial charge in [-0.3, -0.25) is 0 Å². The van der Waals surface area contributed by atoms with Gasteiger partial charge in [0.2, 0.25) is 5.09 Å². The maximum Gasteiger partial charge on any atom is 0.273 e. The zero-order valence-corrected chi connectivity index (χ0v) is 12.3. The van der Waals surface area contributed by atoms with Crippen LogP contribution in [0.3, 0.4) is 0 Å². The quantitative estimate of drug-likeness (QED) is 0.749. The molecule has 0 amide bonds. The fourth-order valence-electron chi connectivity index (χ4n) is 1.42. The molecule has 0 saturated heterocycles. The summed E-state index contributed by atoms with van der Waals surface area (Å²) >= 11 is 0. The van der Waals surface area contributed by atoms with Gasteiger partial charge in [-0.15, -0.1) is 0 Å². The van der Waals surface area contributed by atoms with Crippen molar-refractivity contribution in [3.05, 3.63) is 17.9 Å². The van der Waals surface area contributed by atoms with E-state index in [9.17, 15) is 8.42 Å². The molecular weight excluding hydrogens is 270 g/mol. The molecule has 2 N–H and O–H groups in total. The van der Waals surface area contributed by atoms with Gasteiger partial charge in [0.05, 0.1) is 0 Å². The van der Waals surface area contributed by atoms with Crippen LogP contribution < -0.4 is 4.72 Å². The average molecular weight is 291 g/mol. The Bertz CT molecular complexity index is 492. The van der Waals surface area contributed by atoms with Crippen molar-refractivity contribution in [1.82, 2.24) is 4.72 Å². The van der Waals surface area contributed by atoms with Crippen molar-refractivity contribution in [1.29, 1.82) is 0 Å². The van der Waals surface area contributed by atoms with Crippen molar-refractivity contribution in [2.45, 2.75) is 32.0 Å². The summed E-state index contributed by atoms with van der Waals surface area (Å²) < 4.78 is 36.4. The molecule has 0 aromatic carbocycles. The van der Waals surface area contributed by atoms with E-state index in [2.05, 4.69) is 4.72 Å². The van der Waals surface area contributed by atoms with Crippen LogP contribution in [0.1, 0.15) is 26.0 Å². The Morgan fingerprint density at radius 2 is 2.11 bits per heavy atom. The standard InChI is InChI=1S/C12H21NO5S/c1-12(2,6-7-17-3)9-13-19(15,16)11-5-4-10(8-14)18-11/h4-5,13-14H,6-9H2,1-3H3. The molecule has 6 nitrogen and oxygen atoms in total. The lowest BCUT2D eigenvalue weighted by atomic mass is 9.90. The minimum atomic E-state index is -3.68. The van der Waals surface area contributed by atoms with Crippen LogP contribution in [0.25, 0.3) is 0 Å². The summed E-state index contributed by atoms with van der Waals surface area (Å²) in [5, 5.41) is 8.67. The molecule has 0 bridgehead atoms. The molecule has 0 aliphatic carbocycles. The fourth-order valence-corrected chi connectivity index (χ4v) is 2.60. The smallest absolute Gasteiger partial charge is 0.273 e. The van der Waals surface area contributed by atoms with Gasteiger partial charge in [-0.1, -0.05) is 13.8 Å². The Hall–Kier alpha value is -0.890. The number of nitrogens with one attached hydrogen (secondary N) is 1. The van der Waals surface area contributed by atoms with Gasteiger partial charge in [-0.25, -0.2) is 13.1 Å². The Morgan fingerprint density at radius 3 is 2.63 bits per heavy atom. The molecule has 19 heavy (non-hydrogen) atoms. The monoisotopic (exact) mass is 291 g/mol. The number of sulfonamides is 1. The molecule has 0 spiro atoms. The molecule has 1 rings (SSSR count). The van der Waals surface area contributed by atoms with Crippen LogP contribution in [0, 0.1) is 5.41 Å². The van der Waals surface area contributed by atoms with E-state index < -0.39 is 10.0 Å². The summed E-state index contributed by atoms with van der Waals surface area (Å²) in [5.74, 6) is 0.221. The normalized spacial score (nSPS) is 12.8. The number of rotatable bonds is 8. The Balaban J connectivity index is 2.65. The van der Waals surface area contributed by atoms with E-state index in [-0.39, 0.29) is 29.4 Å². The Kier molecular flexibility index (Phi) is 5.54. The van der Waals surface area contributed by atoms with Crippen LogP contribution in [-0.4, -0.2) is 33.8 Å². The molecule has 0 saturated carbocycles. The average Bonchev–Trinajstić information content (AvgIpc) is 2.84. The van der Waals surface area contributed by atoms with Crippen LogP contribution in [0.2, 0.25) is 0 Å². The summed E-state index contributed by atoms with van der Waals surface area (Å²) in [7, 11) is -2.07. The molecule has 1 heterocycles. The maximum absolute atomic E-state index is 12.0. The minimum absolute atomic E-state index is 0.181. The molecule has 0 radical (unpaired) electrons. The molecule has 1 aromatic rings. The molecule has 0 aliphatic heterocycles. The van der Waals surface area contributed by atoms with Crippen LogP contribution in [0.4, 0.5) is 0 Å². The van der Waals surface area contributed by atoms with Gasteiger partial charge < -0.3 is 14.3 Å². The molecule has 0 aliphatic rings. The lowest BCUT2D eigenvalue weighted by Gasteiger charge is -2.24. The lowest BCUT2D eigenvalue weighted by molar-refractivity contribution is 0.153. The van der Waals surface area contributed by atoms with E-state index in [4.69, 9.17) is 14.3 Å². The number of hydrogen-bond acceptors (Lipinski definition) is 5. The SMILES string of the molecule is COCCC(C)(C)CNS(=O)(=O)c1ccc(CO)o1. The van der Waals surface area contributed by atoms with E-state index in [1.54, 1.807) is 7.11 Å². The Labute approximate surface area is 113 Å². The first-order valence-corrected chi connectivity index (χ1v) is 7.47. The summed E-state index contributed by atoms with van der Waals surface area (Å²) in [6, 6.07) is 2.76. The number of ether oxygens (including phenoxy) is 1. The summed E-state index contributed by atoms with van der Waals surface area (Å²) in [6.45, 7) is 4.44. The number of aliphatic hydroxyl groups is 1. The van der Waals surface area contributed by atoms with Gasteiger partial charge in [0.25, 0.3) is 10.0 Å². The summed E-state index contributed by atoms with van der Waals surface area (Å²) in [6.07, 6.45) is 0.742. The highest BCUT2D eigenvalue weighted by atomic mass is 32.2. The van der Waals surface area contributed by atoms with Crippen molar-refractivity contribution in [2.24, 2.45) is 5.41 Å². The van der Waals surface area contributed by atoms with Crippen LogP contribution in [-0.2, 0) is 21.4 Å². The third-order valence-electron chi connectivity index (χ3n) is 2.78. The van der Waals surface area contributed by atoms with E-state index in [1.165, 1.54) is 12.1 Å². The van der Waals surface area contributed by atoms with Crippen molar-refractivity contribution >= 4 is 10.0 Å². The highest BCUT2D eigenvalue weighted by molar-refractivity contribution is 7.89. The van der Waals surface area contributed by atoms with Gasteiger partial charge in [0.15, 0.2) is 0 Å². The van der Waals surface area contributed by atoms with Gasteiger partial charge in [-0.05, 0) is 24.0 Å². The van der Waals surface area contributed by atoms with Gasteiger partial charge >= 0.3 is 0 Å². The number of aliphatic hydroxyl groups excluding tert-OH is 1. The molecular formula is C12H21NO5S. The van der Waals surface area contributed by atoms with Gasteiger partial charge in [-0.2, -0.15) is 0 Å². The fraction of sp³-hybridized carbons (Fsp3) is 0.667. The second kappa shape index (κ2) is 6.51. The van der Waals surface area contributed by atoms with Crippen molar-refractivity contribution in [3.8, 4) is 0 Å². The highest BCUT2D eigenvalue weighted by Crippen LogP contribution is 2.20. The maximum atomic E-state index is 12.0. The number of hydrogen-bond donors (Lipinski definition) is 2. The molecule has 1 aromatic heterocycles. The molecule has 7 heteroatoms. The molecule has 0 fully saturated rings. The second-order valence-corrected chi connectivity index (χ2v) is 6.81. The molecule has 110 valence electrons. The summed E-state index contributed by atoms with van der Waals surface area (Å²) in [5.41, 5.74) is -0.213. The highest BCUT2D eigenvalue weighted by Gasteiger charge is 2.24. The van der Waals surface area contributed by atoms with Gasteiger partial charge in [0, 0.05) is 20.3 Å². The zero-order chi connectivity index (χ0) is 14.5. The topological polar surface area (TPSA) is 88.8 Å². The number of methoxy groups -OCH3 is 1. The third kappa shape index (κ3) is 4.94. The van der Waals surface area contributed by atoms with Crippen molar-refractivity contribution in [3.63, 3.8) is 0 Å². The van der Waals surface area contributed by atoms with E-state index in [0.29, 0.717) is 6.61 Å². The Morgan fingerprint density at radius 1 is 1.42 bits per heavy atom. The number of furan rings is 1. The predicted octanol–water partition coefficient (Wildman–Crippen LogP) is 1.11. The van der Waals surface area contributed by atoms with Crippen molar-refractivity contribution < 1.29 is 22.7 Å². The molecule has 0 atom stereocenters. The summed E-state index contributed by atoms with van der Waals surface area (Å²) in [4.78, 5) is 0. The van der Waals surface area contributed by atoms with Crippen LogP contribution in [0.15, 0.2) is 21.6 Å². The van der Waals surface area contributed by atoms with Crippen molar-refractivity contribution in [2.75, 3.05) is 20.3 Å². The van der Waals surface area contributed by atoms with Gasteiger partial charge in [0.1, 0.15) is 12.4 Å². The van der Waals surface area contributed by atoms with E-state index in [1.807, 2.05) is 13.8 Å². The first kappa shape index (κ1) is 16.2. The van der Waals surface area contributed by atoms with Crippen LogP contribution >= 0.6 is 0 Å². The molecule has 0 unspecified atom stereocenters. The van der Waals surface area contributed by atoms with E-state index >= 15 is 0 Å². The van der Waals surface area contributed by atoms with Crippen LogP contribution in [0.5, 0.6) is 0 Å². The second-order valence-electron chi connectivity index (χ2n) is 5.11. The first-order valence-electron chi connectivity index (χ1n) is 5.99. The third-order valence-corrected chi connectivity index (χ3v) is 4.05. The lowest BCUT2D eigenvalue weighted by Crippen LogP contribution is -2.34. The minimum Gasteiger partial charge on any atom is -0.446 e. The zero-order valence-electron chi connectivity index (χ0n) is 11.5. The first-order chi connectivity index (χ1) is 8.80. The predicted molar refractivity (Wildman–Crippen MR) is 70.1 cm³/mol. The van der Waals surface area contributed by atoms with E-state index in [0.717, 1.165) is 6.42 Å².